The highest BCUT2D eigenvalue weighted by Gasteiger charge is 2.20. The van der Waals surface area contributed by atoms with Gasteiger partial charge in [-0.3, -0.25) is 4.79 Å². The van der Waals surface area contributed by atoms with Crippen LogP contribution in [0.5, 0.6) is 0 Å². The Morgan fingerprint density at radius 2 is 2.27 bits per heavy atom. The largest absolute Gasteiger partial charge is 0.481 e. The van der Waals surface area contributed by atoms with Crippen LogP contribution in [0.15, 0.2) is 18.2 Å². The molecular weight excluding hydrogens is 216 g/mol. The minimum Gasteiger partial charge on any atom is -0.481 e. The number of hydrogen-bond donors (Lipinski definition) is 1. The molecule has 0 saturated carbocycles. The Bertz CT molecular complexity index is 363. The fourth-order valence-corrected chi connectivity index (χ4v) is 1.83. The van der Waals surface area contributed by atoms with Gasteiger partial charge in [0.2, 0.25) is 0 Å². The first-order chi connectivity index (χ1) is 7.07. The molecule has 0 bridgehead atoms. The molecule has 0 saturated heterocycles. The lowest BCUT2D eigenvalue weighted by Gasteiger charge is -2.14. The highest BCUT2D eigenvalue weighted by Crippen LogP contribution is 2.28. The van der Waals surface area contributed by atoms with Crippen molar-refractivity contribution in [3.63, 3.8) is 0 Å². The van der Waals surface area contributed by atoms with Crippen LogP contribution in [-0.4, -0.2) is 18.2 Å². The number of hydrogen-bond acceptors (Lipinski definition) is 2. The van der Waals surface area contributed by atoms with Gasteiger partial charge in [-0.05, 0) is 24.1 Å². The van der Waals surface area contributed by atoms with Gasteiger partial charge in [0.1, 0.15) is 0 Å². The molecule has 0 amide bonds. The first kappa shape index (κ1) is 12.0. The van der Waals surface area contributed by atoms with Crippen molar-refractivity contribution in [1.82, 2.24) is 0 Å². The molecule has 0 fully saturated rings. The first-order valence-corrected chi connectivity index (χ1v) is 4.94. The van der Waals surface area contributed by atoms with Crippen LogP contribution < -0.4 is 0 Å². The lowest BCUT2D eigenvalue weighted by molar-refractivity contribution is -0.138. The molecule has 1 aromatic rings. The maximum atomic E-state index is 10.9. The monoisotopic (exact) mass is 228 g/mol. The van der Waals surface area contributed by atoms with Crippen molar-refractivity contribution in [3.05, 3.63) is 34.3 Å². The second-order valence-corrected chi connectivity index (χ2v) is 3.71. The van der Waals surface area contributed by atoms with Crippen molar-refractivity contribution in [2.75, 3.05) is 7.11 Å². The molecule has 1 unspecified atom stereocenters. The molecule has 1 atom stereocenters. The summed E-state index contributed by atoms with van der Waals surface area (Å²) in [4.78, 5) is 10.9. The Balaban J connectivity index is 3.17. The van der Waals surface area contributed by atoms with Crippen molar-refractivity contribution < 1.29 is 14.6 Å². The maximum absolute atomic E-state index is 10.9. The van der Waals surface area contributed by atoms with Gasteiger partial charge in [-0.15, -0.1) is 0 Å². The van der Waals surface area contributed by atoms with E-state index in [-0.39, 0.29) is 0 Å². The number of methoxy groups -OCH3 is 1. The number of carboxylic acids is 1. The van der Waals surface area contributed by atoms with Gasteiger partial charge in [0.05, 0.1) is 12.5 Å². The molecule has 4 heteroatoms. The summed E-state index contributed by atoms with van der Waals surface area (Å²) in [6.45, 7) is 1.98. The number of ether oxygens (including phenoxy) is 1. The summed E-state index contributed by atoms with van der Waals surface area (Å²) in [5, 5.41) is 9.42. The Morgan fingerprint density at radius 3 is 2.80 bits per heavy atom. The third kappa shape index (κ3) is 2.70. The summed E-state index contributed by atoms with van der Waals surface area (Å²) in [6.07, 6.45) is 0. The average molecular weight is 229 g/mol. The quantitative estimate of drug-likeness (QED) is 0.862. The zero-order chi connectivity index (χ0) is 11.4. The molecule has 0 aliphatic carbocycles. The molecule has 1 aromatic carbocycles. The molecule has 3 nitrogen and oxygen atoms in total. The molecule has 0 aromatic heterocycles. The van der Waals surface area contributed by atoms with Crippen LogP contribution in [0.3, 0.4) is 0 Å². The standard InChI is InChI=1S/C11H13ClO3/c1-7(11(13)14)10-8(6-15-2)4-3-5-9(10)12/h3-5,7H,6H2,1-2H3,(H,13,14). The van der Waals surface area contributed by atoms with E-state index in [1.807, 2.05) is 6.07 Å². The summed E-state index contributed by atoms with van der Waals surface area (Å²) in [7, 11) is 1.57. The van der Waals surface area contributed by atoms with Crippen molar-refractivity contribution in [1.29, 1.82) is 0 Å². The van der Waals surface area contributed by atoms with Crippen LogP contribution in [0.25, 0.3) is 0 Å². The summed E-state index contributed by atoms with van der Waals surface area (Å²) >= 11 is 5.99. The SMILES string of the molecule is COCc1cccc(Cl)c1C(C)C(=O)O. The van der Waals surface area contributed by atoms with Crippen LogP contribution in [0.2, 0.25) is 5.02 Å². The Kier molecular flexibility index (Phi) is 4.12. The van der Waals surface area contributed by atoms with Gasteiger partial charge in [0.15, 0.2) is 0 Å². The van der Waals surface area contributed by atoms with Gasteiger partial charge in [-0.1, -0.05) is 23.7 Å². The van der Waals surface area contributed by atoms with Gasteiger partial charge in [-0.25, -0.2) is 0 Å². The topological polar surface area (TPSA) is 46.5 Å². The van der Waals surface area contributed by atoms with Crippen molar-refractivity contribution in [3.8, 4) is 0 Å². The van der Waals surface area contributed by atoms with Crippen LogP contribution in [0.1, 0.15) is 24.0 Å². The van der Waals surface area contributed by atoms with E-state index in [1.165, 1.54) is 0 Å². The molecule has 0 spiro atoms. The molecule has 0 aliphatic heterocycles. The second kappa shape index (κ2) is 5.14. The van der Waals surface area contributed by atoms with E-state index in [9.17, 15) is 4.79 Å². The average Bonchev–Trinajstić information content (AvgIpc) is 2.17. The fraction of sp³-hybridized carbons (Fsp3) is 0.364. The maximum Gasteiger partial charge on any atom is 0.310 e. The fourth-order valence-electron chi connectivity index (χ4n) is 1.47. The first-order valence-electron chi connectivity index (χ1n) is 4.57. The summed E-state index contributed by atoms with van der Waals surface area (Å²) in [5.74, 6) is -1.51. The third-order valence-electron chi connectivity index (χ3n) is 2.25. The lowest BCUT2D eigenvalue weighted by atomic mass is 9.96. The van der Waals surface area contributed by atoms with Gasteiger partial charge >= 0.3 is 5.97 Å². The number of carbonyl (C=O) groups is 1. The van der Waals surface area contributed by atoms with Gasteiger partial charge in [-0.2, -0.15) is 0 Å². The molecular formula is C11H13ClO3. The van der Waals surface area contributed by atoms with E-state index in [2.05, 4.69) is 0 Å². The summed E-state index contributed by atoms with van der Waals surface area (Å²) in [5.41, 5.74) is 1.45. The van der Waals surface area contributed by atoms with Crippen LogP contribution in [0, 0.1) is 0 Å². The van der Waals surface area contributed by atoms with Crippen LogP contribution in [0.4, 0.5) is 0 Å². The number of aliphatic carboxylic acids is 1. The summed E-state index contributed by atoms with van der Waals surface area (Å²) < 4.78 is 5.00. The number of benzene rings is 1. The van der Waals surface area contributed by atoms with E-state index in [4.69, 9.17) is 21.4 Å². The van der Waals surface area contributed by atoms with E-state index in [0.29, 0.717) is 17.2 Å². The second-order valence-electron chi connectivity index (χ2n) is 3.31. The zero-order valence-corrected chi connectivity index (χ0v) is 9.41. The highest BCUT2D eigenvalue weighted by molar-refractivity contribution is 6.31. The van der Waals surface area contributed by atoms with Crippen molar-refractivity contribution in [2.24, 2.45) is 0 Å². The van der Waals surface area contributed by atoms with E-state index in [1.54, 1.807) is 26.2 Å². The van der Waals surface area contributed by atoms with Crippen LogP contribution >= 0.6 is 11.6 Å². The number of rotatable bonds is 4. The smallest absolute Gasteiger partial charge is 0.310 e. The minimum absolute atomic E-state index is 0.369. The lowest BCUT2D eigenvalue weighted by Crippen LogP contribution is -2.11. The zero-order valence-electron chi connectivity index (χ0n) is 8.66. The van der Waals surface area contributed by atoms with Gasteiger partial charge in [0, 0.05) is 12.1 Å². The molecule has 82 valence electrons. The Hall–Kier alpha value is -1.06. The van der Waals surface area contributed by atoms with Gasteiger partial charge in [0.25, 0.3) is 0 Å². The molecule has 0 radical (unpaired) electrons. The predicted molar refractivity (Wildman–Crippen MR) is 58.2 cm³/mol. The van der Waals surface area contributed by atoms with Crippen molar-refractivity contribution in [2.45, 2.75) is 19.4 Å². The molecule has 1 N–H and O–H groups in total. The summed E-state index contributed by atoms with van der Waals surface area (Å²) in [6, 6.07) is 5.30. The minimum atomic E-state index is -0.888. The number of carboxylic acid groups (broad SMARTS) is 1. The molecule has 1 rings (SSSR count). The molecule has 0 aliphatic rings. The molecule has 15 heavy (non-hydrogen) atoms. The Labute approximate surface area is 93.6 Å². The van der Waals surface area contributed by atoms with E-state index in [0.717, 1.165) is 5.56 Å². The Morgan fingerprint density at radius 1 is 1.60 bits per heavy atom. The van der Waals surface area contributed by atoms with E-state index >= 15 is 0 Å². The van der Waals surface area contributed by atoms with Crippen LogP contribution in [-0.2, 0) is 16.1 Å². The predicted octanol–water partition coefficient (Wildman–Crippen LogP) is 2.67. The molecule has 0 heterocycles. The third-order valence-corrected chi connectivity index (χ3v) is 2.58. The highest BCUT2D eigenvalue weighted by atomic mass is 35.5. The van der Waals surface area contributed by atoms with Gasteiger partial charge < -0.3 is 9.84 Å². The van der Waals surface area contributed by atoms with Crippen molar-refractivity contribution >= 4 is 17.6 Å². The normalized spacial score (nSPS) is 12.5. The van der Waals surface area contributed by atoms with E-state index < -0.39 is 11.9 Å². The number of halogens is 1.